The first-order valence-electron chi connectivity index (χ1n) is 6.55. The molecule has 0 amide bonds. The second-order valence-electron chi connectivity index (χ2n) is 4.52. The van der Waals surface area contributed by atoms with Gasteiger partial charge in [0.15, 0.2) is 0 Å². The van der Waals surface area contributed by atoms with Crippen LogP contribution in [0.1, 0.15) is 5.56 Å². The van der Waals surface area contributed by atoms with Crippen molar-refractivity contribution in [1.29, 1.82) is 0 Å². The molecule has 2 aromatic carbocycles. The molecule has 118 valence electrons. The van der Waals surface area contributed by atoms with Crippen molar-refractivity contribution >= 4 is 0 Å². The largest absolute Gasteiger partial charge is 0.496 e. The molecule has 0 spiro atoms. The Morgan fingerprint density at radius 1 is 1.09 bits per heavy atom. The average molecular weight is 312 g/mol. The van der Waals surface area contributed by atoms with Crippen LogP contribution < -0.4 is 9.47 Å². The second kappa shape index (κ2) is 6.70. The number of para-hydroxylation sites is 1. The molecule has 3 nitrogen and oxygen atoms in total. The summed E-state index contributed by atoms with van der Waals surface area (Å²) in [5.74, 6) is 0.514. The first-order chi connectivity index (χ1) is 10.5. The number of hydrogen-bond donors (Lipinski definition) is 1. The Morgan fingerprint density at radius 2 is 1.82 bits per heavy atom. The summed E-state index contributed by atoms with van der Waals surface area (Å²) in [5, 5.41) is 8.76. The van der Waals surface area contributed by atoms with E-state index in [4.69, 9.17) is 14.6 Å². The van der Waals surface area contributed by atoms with Gasteiger partial charge in [-0.2, -0.15) is 13.2 Å². The van der Waals surface area contributed by atoms with Crippen LogP contribution in [0, 0.1) is 0 Å². The molecule has 0 aliphatic carbocycles. The minimum absolute atomic E-state index is 0.0461. The number of alkyl halides is 3. The lowest BCUT2D eigenvalue weighted by molar-refractivity contribution is -0.137. The van der Waals surface area contributed by atoms with Crippen LogP contribution in [0.4, 0.5) is 13.2 Å². The topological polar surface area (TPSA) is 38.7 Å². The monoisotopic (exact) mass is 312 g/mol. The van der Waals surface area contributed by atoms with E-state index < -0.39 is 11.7 Å². The standard InChI is InChI=1S/C16H15F3O3/c1-21-15-5-3-2-4-14(15)11-8-12(16(17,18)19)10-13(9-11)22-7-6-20/h2-5,8-10,20H,6-7H2,1H3. The van der Waals surface area contributed by atoms with Crippen molar-refractivity contribution in [3.05, 3.63) is 48.0 Å². The minimum Gasteiger partial charge on any atom is -0.496 e. The Labute approximate surface area is 125 Å². The van der Waals surface area contributed by atoms with Crippen molar-refractivity contribution in [3.63, 3.8) is 0 Å². The summed E-state index contributed by atoms with van der Waals surface area (Å²) in [6.45, 7) is -0.354. The van der Waals surface area contributed by atoms with Crippen LogP contribution >= 0.6 is 0 Å². The summed E-state index contributed by atoms with van der Waals surface area (Å²) in [4.78, 5) is 0. The Hall–Kier alpha value is -2.21. The van der Waals surface area contributed by atoms with E-state index in [0.717, 1.165) is 12.1 Å². The highest BCUT2D eigenvalue weighted by Crippen LogP contribution is 2.38. The van der Waals surface area contributed by atoms with E-state index in [9.17, 15) is 13.2 Å². The molecular formula is C16H15F3O3. The predicted molar refractivity (Wildman–Crippen MR) is 76.0 cm³/mol. The molecule has 0 aromatic heterocycles. The zero-order chi connectivity index (χ0) is 16.2. The van der Waals surface area contributed by atoms with Crippen LogP contribution in [-0.2, 0) is 6.18 Å². The minimum atomic E-state index is -4.49. The van der Waals surface area contributed by atoms with Gasteiger partial charge in [0, 0.05) is 5.56 Å². The zero-order valence-electron chi connectivity index (χ0n) is 11.9. The Kier molecular flexibility index (Phi) is 4.92. The summed E-state index contributed by atoms with van der Waals surface area (Å²) < 4.78 is 49.4. The van der Waals surface area contributed by atoms with E-state index in [1.807, 2.05) is 0 Å². The second-order valence-corrected chi connectivity index (χ2v) is 4.52. The molecule has 6 heteroatoms. The number of methoxy groups -OCH3 is 1. The van der Waals surface area contributed by atoms with E-state index in [-0.39, 0.29) is 19.0 Å². The highest BCUT2D eigenvalue weighted by Gasteiger charge is 2.31. The number of aliphatic hydroxyl groups is 1. The summed E-state index contributed by atoms with van der Waals surface area (Å²) in [6, 6.07) is 10.2. The van der Waals surface area contributed by atoms with Crippen LogP contribution in [0.25, 0.3) is 11.1 Å². The first-order valence-corrected chi connectivity index (χ1v) is 6.55. The molecule has 0 saturated heterocycles. The van der Waals surface area contributed by atoms with Gasteiger partial charge in [-0.05, 0) is 29.8 Å². The summed E-state index contributed by atoms with van der Waals surface area (Å²) in [5.41, 5.74) is 0.0500. The fourth-order valence-electron chi connectivity index (χ4n) is 2.05. The quantitative estimate of drug-likeness (QED) is 0.914. The zero-order valence-corrected chi connectivity index (χ0v) is 11.9. The Balaban J connectivity index is 2.54. The van der Waals surface area contributed by atoms with Gasteiger partial charge in [-0.15, -0.1) is 0 Å². The predicted octanol–water partition coefficient (Wildman–Crippen LogP) is 3.75. The maximum atomic E-state index is 13.0. The van der Waals surface area contributed by atoms with E-state index in [1.165, 1.54) is 13.2 Å². The van der Waals surface area contributed by atoms with E-state index in [1.54, 1.807) is 24.3 Å². The summed E-state index contributed by atoms with van der Waals surface area (Å²) in [7, 11) is 1.45. The highest BCUT2D eigenvalue weighted by molar-refractivity contribution is 5.72. The molecule has 22 heavy (non-hydrogen) atoms. The lowest BCUT2D eigenvalue weighted by Gasteiger charge is -2.14. The maximum absolute atomic E-state index is 13.0. The van der Waals surface area contributed by atoms with Crippen LogP contribution in [-0.4, -0.2) is 25.4 Å². The van der Waals surface area contributed by atoms with E-state index >= 15 is 0 Å². The molecule has 0 bridgehead atoms. The number of hydrogen-bond acceptors (Lipinski definition) is 3. The maximum Gasteiger partial charge on any atom is 0.416 e. The fourth-order valence-corrected chi connectivity index (χ4v) is 2.05. The van der Waals surface area contributed by atoms with Crippen molar-refractivity contribution < 1.29 is 27.8 Å². The third-order valence-electron chi connectivity index (χ3n) is 3.01. The number of benzene rings is 2. The third-order valence-corrected chi connectivity index (χ3v) is 3.01. The molecule has 0 atom stereocenters. The third kappa shape index (κ3) is 3.71. The van der Waals surface area contributed by atoms with E-state index in [0.29, 0.717) is 16.9 Å². The van der Waals surface area contributed by atoms with Gasteiger partial charge < -0.3 is 14.6 Å². The molecule has 2 aromatic rings. The van der Waals surface area contributed by atoms with Gasteiger partial charge >= 0.3 is 6.18 Å². The van der Waals surface area contributed by atoms with Crippen LogP contribution in [0.15, 0.2) is 42.5 Å². The average Bonchev–Trinajstić information content (AvgIpc) is 2.51. The number of aliphatic hydroxyl groups excluding tert-OH is 1. The fraction of sp³-hybridized carbons (Fsp3) is 0.250. The van der Waals surface area contributed by atoms with Crippen molar-refractivity contribution in [2.24, 2.45) is 0 Å². The van der Waals surface area contributed by atoms with Gasteiger partial charge in [0.05, 0.1) is 19.3 Å². The number of rotatable bonds is 5. The molecule has 0 unspecified atom stereocenters. The molecule has 0 aliphatic rings. The summed E-state index contributed by atoms with van der Waals surface area (Å²) in [6.07, 6.45) is -4.49. The van der Waals surface area contributed by atoms with Gasteiger partial charge in [0.1, 0.15) is 18.1 Å². The van der Waals surface area contributed by atoms with Gasteiger partial charge in [-0.3, -0.25) is 0 Å². The molecule has 2 rings (SSSR count). The Morgan fingerprint density at radius 3 is 2.45 bits per heavy atom. The SMILES string of the molecule is COc1ccccc1-c1cc(OCCO)cc(C(F)(F)F)c1. The van der Waals surface area contributed by atoms with Gasteiger partial charge in [0.25, 0.3) is 0 Å². The lowest BCUT2D eigenvalue weighted by Crippen LogP contribution is -2.07. The van der Waals surface area contributed by atoms with Gasteiger partial charge in [-0.25, -0.2) is 0 Å². The number of halogens is 3. The highest BCUT2D eigenvalue weighted by atomic mass is 19.4. The Bertz CT molecular complexity index is 639. The van der Waals surface area contributed by atoms with Crippen LogP contribution in [0.3, 0.4) is 0 Å². The van der Waals surface area contributed by atoms with Gasteiger partial charge in [0.2, 0.25) is 0 Å². The molecule has 1 N–H and O–H groups in total. The van der Waals surface area contributed by atoms with Crippen LogP contribution in [0.2, 0.25) is 0 Å². The number of ether oxygens (including phenoxy) is 2. The normalized spacial score (nSPS) is 11.3. The molecule has 0 aliphatic heterocycles. The molecule has 0 fully saturated rings. The van der Waals surface area contributed by atoms with Crippen LogP contribution in [0.5, 0.6) is 11.5 Å². The van der Waals surface area contributed by atoms with Crippen molar-refractivity contribution in [1.82, 2.24) is 0 Å². The van der Waals surface area contributed by atoms with Crippen molar-refractivity contribution in [2.45, 2.75) is 6.18 Å². The lowest BCUT2D eigenvalue weighted by atomic mass is 10.0. The molecule has 0 saturated carbocycles. The summed E-state index contributed by atoms with van der Waals surface area (Å²) >= 11 is 0. The smallest absolute Gasteiger partial charge is 0.416 e. The first kappa shape index (κ1) is 16.2. The molecule has 0 heterocycles. The van der Waals surface area contributed by atoms with Crippen molar-refractivity contribution in [2.75, 3.05) is 20.3 Å². The molecule has 0 radical (unpaired) electrons. The molecular weight excluding hydrogens is 297 g/mol. The van der Waals surface area contributed by atoms with E-state index in [2.05, 4.69) is 0 Å². The van der Waals surface area contributed by atoms with Gasteiger partial charge in [-0.1, -0.05) is 18.2 Å². The van der Waals surface area contributed by atoms with Crippen molar-refractivity contribution in [3.8, 4) is 22.6 Å².